The summed E-state index contributed by atoms with van der Waals surface area (Å²) in [6, 6.07) is 18.8. The topological polar surface area (TPSA) is 56.8 Å². The summed E-state index contributed by atoms with van der Waals surface area (Å²) in [5.74, 6) is 1.39. The van der Waals surface area contributed by atoms with Crippen molar-refractivity contribution in [1.82, 2.24) is 0 Å². The number of rotatable bonds is 7. The molecule has 0 bridgehead atoms. The average molecular weight is 429 g/mol. The fraction of sp³-hybridized carbons (Fsp3) is 0.174. The number of nitrogens with two attached hydrogens (primary N) is 1. The second kappa shape index (κ2) is 9.68. The number of methoxy groups -OCH3 is 2. The first kappa shape index (κ1) is 21.0. The highest BCUT2D eigenvalue weighted by molar-refractivity contribution is 6.36. The normalized spacial score (nSPS) is 11.4. The summed E-state index contributed by atoms with van der Waals surface area (Å²) in [6.07, 6.45) is 0.717. The quantitative estimate of drug-likeness (QED) is 0.389. The number of anilines is 1. The van der Waals surface area contributed by atoms with E-state index < -0.39 is 0 Å². The molecule has 0 aliphatic heterocycles. The Bertz CT molecular complexity index is 1040. The molecule has 0 heterocycles. The molecule has 0 unspecified atom stereocenters. The van der Waals surface area contributed by atoms with E-state index in [2.05, 4.69) is 0 Å². The minimum atomic E-state index is 0.544. The van der Waals surface area contributed by atoms with Gasteiger partial charge in [-0.15, -0.1) is 0 Å². The highest BCUT2D eigenvalue weighted by Crippen LogP contribution is 2.28. The van der Waals surface area contributed by atoms with Gasteiger partial charge in [-0.2, -0.15) is 0 Å². The van der Waals surface area contributed by atoms with Crippen molar-refractivity contribution in [1.29, 1.82) is 0 Å². The molecular formula is C23H22Cl2N2O2. The zero-order chi connectivity index (χ0) is 20.8. The second-order valence-corrected chi connectivity index (χ2v) is 7.22. The molecule has 0 aliphatic carbocycles. The van der Waals surface area contributed by atoms with Crippen LogP contribution in [0, 0.1) is 0 Å². The lowest BCUT2D eigenvalue weighted by atomic mass is 10.0. The van der Waals surface area contributed by atoms with Crippen molar-refractivity contribution in [3.05, 3.63) is 87.4 Å². The lowest BCUT2D eigenvalue weighted by Crippen LogP contribution is -2.09. The third kappa shape index (κ3) is 5.03. The maximum absolute atomic E-state index is 6.44. The first-order valence-electron chi connectivity index (χ1n) is 9.09. The van der Waals surface area contributed by atoms with E-state index in [1.54, 1.807) is 26.4 Å². The minimum absolute atomic E-state index is 0.544. The molecule has 0 aliphatic rings. The van der Waals surface area contributed by atoms with Crippen molar-refractivity contribution in [3.8, 4) is 11.5 Å². The Balaban J connectivity index is 1.94. The molecule has 0 aromatic heterocycles. The molecule has 0 saturated carbocycles. The molecule has 29 heavy (non-hydrogen) atoms. The third-order valence-corrected chi connectivity index (χ3v) is 5.08. The number of ether oxygens (including phenoxy) is 2. The van der Waals surface area contributed by atoms with Gasteiger partial charge in [0.1, 0.15) is 0 Å². The minimum Gasteiger partial charge on any atom is -0.493 e. The molecule has 0 amide bonds. The van der Waals surface area contributed by atoms with Crippen LogP contribution >= 0.6 is 23.2 Å². The van der Waals surface area contributed by atoms with Crippen molar-refractivity contribution in [2.75, 3.05) is 26.5 Å². The zero-order valence-electron chi connectivity index (χ0n) is 16.3. The molecule has 3 aromatic rings. The Morgan fingerprint density at radius 2 is 1.66 bits per heavy atom. The van der Waals surface area contributed by atoms with Gasteiger partial charge in [-0.25, -0.2) is 0 Å². The van der Waals surface area contributed by atoms with Gasteiger partial charge >= 0.3 is 0 Å². The molecule has 0 fully saturated rings. The van der Waals surface area contributed by atoms with E-state index in [1.165, 1.54) is 0 Å². The van der Waals surface area contributed by atoms with Gasteiger partial charge in [0.05, 0.1) is 19.9 Å². The lowest BCUT2D eigenvalue weighted by Gasteiger charge is -2.13. The van der Waals surface area contributed by atoms with Crippen molar-refractivity contribution in [2.24, 2.45) is 4.99 Å². The number of nitrogen functional groups attached to an aromatic ring is 1. The Hall–Kier alpha value is -2.69. The van der Waals surface area contributed by atoms with Gasteiger partial charge < -0.3 is 15.2 Å². The highest BCUT2D eigenvalue weighted by Gasteiger charge is 2.14. The number of benzene rings is 3. The van der Waals surface area contributed by atoms with Crippen molar-refractivity contribution < 1.29 is 9.47 Å². The summed E-state index contributed by atoms with van der Waals surface area (Å²) in [7, 11) is 3.24. The van der Waals surface area contributed by atoms with Crippen molar-refractivity contribution in [3.63, 3.8) is 0 Å². The number of hydrogen-bond donors (Lipinski definition) is 1. The average Bonchev–Trinajstić information content (AvgIpc) is 2.73. The van der Waals surface area contributed by atoms with Crippen LogP contribution in [-0.4, -0.2) is 26.5 Å². The van der Waals surface area contributed by atoms with E-state index in [0.29, 0.717) is 33.8 Å². The third-order valence-electron chi connectivity index (χ3n) is 4.52. The lowest BCUT2D eigenvalue weighted by molar-refractivity contribution is 0.354. The number of nitrogens with zero attached hydrogens (tertiary/aromatic N) is 1. The van der Waals surface area contributed by atoms with Crippen LogP contribution in [0.5, 0.6) is 11.5 Å². The predicted molar refractivity (Wildman–Crippen MR) is 121 cm³/mol. The highest BCUT2D eigenvalue weighted by atomic mass is 35.5. The standard InChI is InChI=1S/C23H22Cl2N2O2/c1-28-21-10-7-15(13-22(21)29-2)11-12-27-23(17-5-3-4-6-19(17)25)18-14-16(24)8-9-20(18)26/h3-10,13-14H,11-12,26H2,1-2H3. The SMILES string of the molecule is COc1ccc(CCN=C(c2cc(Cl)ccc2N)c2ccccc2Cl)cc1OC. The fourth-order valence-electron chi connectivity index (χ4n) is 3.04. The van der Waals surface area contributed by atoms with Crippen LogP contribution in [-0.2, 0) is 6.42 Å². The van der Waals surface area contributed by atoms with Crippen LogP contribution in [0.1, 0.15) is 16.7 Å². The van der Waals surface area contributed by atoms with E-state index in [4.69, 9.17) is 43.4 Å². The van der Waals surface area contributed by atoms with Crippen LogP contribution in [0.3, 0.4) is 0 Å². The first-order chi connectivity index (χ1) is 14.0. The molecule has 4 nitrogen and oxygen atoms in total. The molecule has 6 heteroatoms. The Morgan fingerprint density at radius 1 is 0.897 bits per heavy atom. The molecule has 0 radical (unpaired) electrons. The number of halogens is 2. The molecular weight excluding hydrogens is 407 g/mol. The molecule has 0 atom stereocenters. The molecule has 3 aromatic carbocycles. The van der Waals surface area contributed by atoms with Crippen LogP contribution in [0.25, 0.3) is 0 Å². The largest absolute Gasteiger partial charge is 0.493 e. The van der Waals surface area contributed by atoms with E-state index in [-0.39, 0.29) is 0 Å². The van der Waals surface area contributed by atoms with E-state index >= 15 is 0 Å². The van der Waals surface area contributed by atoms with Gasteiger partial charge in [0.15, 0.2) is 11.5 Å². The van der Waals surface area contributed by atoms with Crippen LogP contribution in [0.15, 0.2) is 65.7 Å². The molecule has 0 spiro atoms. The molecule has 3 rings (SSSR count). The predicted octanol–water partition coefficient (Wildman–Crippen LogP) is 5.67. The van der Waals surface area contributed by atoms with Gasteiger partial charge in [-0.3, -0.25) is 4.99 Å². The monoisotopic (exact) mass is 428 g/mol. The van der Waals surface area contributed by atoms with Crippen molar-refractivity contribution in [2.45, 2.75) is 6.42 Å². The van der Waals surface area contributed by atoms with Crippen LogP contribution in [0.2, 0.25) is 10.0 Å². The van der Waals surface area contributed by atoms with Crippen LogP contribution in [0.4, 0.5) is 5.69 Å². The zero-order valence-corrected chi connectivity index (χ0v) is 17.8. The smallest absolute Gasteiger partial charge is 0.160 e. The van der Waals surface area contributed by atoms with Crippen molar-refractivity contribution >= 4 is 34.6 Å². The van der Waals surface area contributed by atoms with Crippen LogP contribution < -0.4 is 15.2 Å². The summed E-state index contributed by atoms with van der Waals surface area (Å²) < 4.78 is 10.7. The van der Waals surface area contributed by atoms with E-state index in [0.717, 1.165) is 28.8 Å². The summed E-state index contributed by atoms with van der Waals surface area (Å²) in [4.78, 5) is 4.84. The molecule has 150 valence electrons. The molecule has 2 N–H and O–H groups in total. The van der Waals surface area contributed by atoms with Gasteiger partial charge in [-0.05, 0) is 48.4 Å². The van der Waals surface area contributed by atoms with Gasteiger partial charge in [0.25, 0.3) is 0 Å². The number of aliphatic imine (C=N–C) groups is 1. The maximum atomic E-state index is 6.44. The van der Waals surface area contributed by atoms with E-state index in [1.807, 2.05) is 48.5 Å². The van der Waals surface area contributed by atoms with Gasteiger partial charge in [0.2, 0.25) is 0 Å². The summed E-state index contributed by atoms with van der Waals surface area (Å²) >= 11 is 12.7. The van der Waals surface area contributed by atoms with E-state index in [9.17, 15) is 0 Å². The summed E-state index contributed by atoms with van der Waals surface area (Å²) in [6.45, 7) is 0.544. The number of hydrogen-bond acceptors (Lipinski definition) is 4. The maximum Gasteiger partial charge on any atom is 0.160 e. The van der Waals surface area contributed by atoms with Gasteiger partial charge in [-0.1, -0.05) is 47.5 Å². The summed E-state index contributed by atoms with van der Waals surface area (Å²) in [5, 5.41) is 1.20. The second-order valence-electron chi connectivity index (χ2n) is 6.38. The van der Waals surface area contributed by atoms with Gasteiger partial charge in [0, 0.05) is 33.4 Å². The Kier molecular flexibility index (Phi) is 7.02. The summed E-state index contributed by atoms with van der Waals surface area (Å²) in [5.41, 5.74) is 10.2. The Morgan fingerprint density at radius 3 is 2.38 bits per heavy atom. The Labute approximate surface area is 180 Å². The fourth-order valence-corrected chi connectivity index (χ4v) is 3.43. The first-order valence-corrected chi connectivity index (χ1v) is 9.84. The molecule has 0 saturated heterocycles.